The largest absolute Gasteiger partial charge is 0.496 e. The SMILES string of the molecule is COc1ccc(-n2nnnc2C(F)(F)F)cc1CC1OCCN2CCNCC12. The molecule has 2 aliphatic heterocycles. The van der Waals surface area contributed by atoms with Crippen LogP contribution in [0.5, 0.6) is 5.75 Å². The van der Waals surface area contributed by atoms with E-state index in [1.807, 2.05) is 0 Å². The van der Waals surface area contributed by atoms with Gasteiger partial charge in [0.15, 0.2) is 0 Å². The van der Waals surface area contributed by atoms with Crippen LogP contribution in [-0.4, -0.2) is 77.1 Å². The first-order chi connectivity index (χ1) is 13.5. The molecule has 8 nitrogen and oxygen atoms in total. The number of alkyl halides is 3. The summed E-state index contributed by atoms with van der Waals surface area (Å²) in [7, 11) is 1.53. The molecule has 2 saturated heterocycles. The van der Waals surface area contributed by atoms with Crippen molar-refractivity contribution in [2.45, 2.75) is 24.7 Å². The zero-order valence-electron chi connectivity index (χ0n) is 15.3. The lowest BCUT2D eigenvalue weighted by Crippen LogP contribution is -2.61. The van der Waals surface area contributed by atoms with Gasteiger partial charge in [0.1, 0.15) is 5.75 Å². The van der Waals surface area contributed by atoms with E-state index in [1.54, 1.807) is 12.1 Å². The molecule has 0 bridgehead atoms. The maximum absolute atomic E-state index is 13.2. The number of nitrogens with one attached hydrogen (secondary N) is 1. The van der Waals surface area contributed by atoms with Gasteiger partial charge in [-0.15, -0.1) is 5.10 Å². The lowest BCUT2D eigenvalue weighted by molar-refractivity contribution is -0.146. The highest BCUT2D eigenvalue weighted by Crippen LogP contribution is 2.31. The molecule has 1 aromatic carbocycles. The lowest BCUT2D eigenvalue weighted by atomic mass is 9.97. The van der Waals surface area contributed by atoms with Crippen LogP contribution in [0.3, 0.4) is 0 Å². The van der Waals surface area contributed by atoms with Gasteiger partial charge in [-0.3, -0.25) is 4.90 Å². The Morgan fingerprint density at radius 1 is 1.32 bits per heavy atom. The van der Waals surface area contributed by atoms with E-state index in [4.69, 9.17) is 9.47 Å². The molecule has 0 saturated carbocycles. The minimum atomic E-state index is -4.65. The first kappa shape index (κ1) is 19.1. The highest BCUT2D eigenvalue weighted by molar-refractivity contribution is 5.44. The van der Waals surface area contributed by atoms with E-state index in [0.29, 0.717) is 23.5 Å². The molecular formula is C17H21F3N6O2. The van der Waals surface area contributed by atoms with Crippen molar-refractivity contribution in [2.24, 2.45) is 0 Å². The van der Waals surface area contributed by atoms with Crippen LogP contribution in [0.2, 0.25) is 0 Å². The average molecular weight is 398 g/mol. The Labute approximate surface area is 159 Å². The van der Waals surface area contributed by atoms with Crippen LogP contribution < -0.4 is 10.1 Å². The molecule has 0 radical (unpaired) electrons. The molecule has 0 aliphatic carbocycles. The number of hydrogen-bond donors (Lipinski definition) is 1. The van der Waals surface area contributed by atoms with Crippen LogP contribution in [0, 0.1) is 0 Å². The second-order valence-electron chi connectivity index (χ2n) is 6.83. The summed E-state index contributed by atoms with van der Waals surface area (Å²) >= 11 is 0. The zero-order valence-corrected chi connectivity index (χ0v) is 15.3. The number of aromatic nitrogens is 4. The molecule has 2 aromatic rings. The Balaban J connectivity index is 1.64. The summed E-state index contributed by atoms with van der Waals surface area (Å²) in [5, 5.41) is 13.2. The highest BCUT2D eigenvalue weighted by Gasteiger charge is 2.39. The quantitative estimate of drug-likeness (QED) is 0.820. The van der Waals surface area contributed by atoms with Gasteiger partial charge in [0.05, 0.1) is 25.5 Å². The predicted molar refractivity (Wildman–Crippen MR) is 92.4 cm³/mol. The minimum absolute atomic E-state index is 0.0818. The van der Waals surface area contributed by atoms with Crippen LogP contribution in [0.1, 0.15) is 11.4 Å². The fraction of sp³-hybridized carbons (Fsp3) is 0.588. The standard InChI is InChI=1S/C17H21F3N6O2/c1-27-14-3-2-12(26-16(17(18,19)20)22-23-24-26)8-11(14)9-15-13-10-21-4-5-25(13)6-7-28-15/h2-3,8,13,15,21H,4-7,9-10H2,1H3. The Morgan fingerprint density at radius 2 is 2.18 bits per heavy atom. The first-order valence-corrected chi connectivity index (χ1v) is 9.06. The highest BCUT2D eigenvalue weighted by atomic mass is 19.4. The van der Waals surface area contributed by atoms with Crippen molar-refractivity contribution < 1.29 is 22.6 Å². The maximum atomic E-state index is 13.2. The summed E-state index contributed by atoms with van der Waals surface area (Å²) in [4.78, 5) is 2.39. The number of ether oxygens (including phenoxy) is 2. The third-order valence-electron chi connectivity index (χ3n) is 5.19. The number of fused-ring (bicyclic) bond motifs is 1. The smallest absolute Gasteiger partial charge is 0.453 e. The van der Waals surface area contributed by atoms with Gasteiger partial charge in [-0.05, 0) is 34.2 Å². The summed E-state index contributed by atoms with van der Waals surface area (Å²) in [6.45, 7) is 4.24. The van der Waals surface area contributed by atoms with E-state index in [9.17, 15) is 13.2 Å². The molecule has 2 unspecified atom stereocenters. The summed E-state index contributed by atoms with van der Waals surface area (Å²) in [6.07, 6.45) is -4.21. The molecule has 2 fully saturated rings. The van der Waals surface area contributed by atoms with Crippen molar-refractivity contribution >= 4 is 0 Å². The van der Waals surface area contributed by atoms with Gasteiger partial charge in [-0.2, -0.15) is 17.9 Å². The van der Waals surface area contributed by atoms with Gasteiger partial charge < -0.3 is 14.8 Å². The molecule has 1 aromatic heterocycles. The Kier molecular flexibility index (Phi) is 5.21. The van der Waals surface area contributed by atoms with Crippen LogP contribution in [0.25, 0.3) is 5.69 Å². The lowest BCUT2D eigenvalue weighted by Gasteiger charge is -2.44. The van der Waals surface area contributed by atoms with E-state index < -0.39 is 12.0 Å². The predicted octanol–water partition coefficient (Wildman–Crippen LogP) is 0.905. The fourth-order valence-electron chi connectivity index (χ4n) is 3.85. The number of rotatable bonds is 4. The van der Waals surface area contributed by atoms with Crippen molar-refractivity contribution in [2.75, 3.05) is 39.9 Å². The van der Waals surface area contributed by atoms with Crippen molar-refractivity contribution in [3.05, 3.63) is 29.6 Å². The van der Waals surface area contributed by atoms with Crippen molar-refractivity contribution in [3.63, 3.8) is 0 Å². The van der Waals surface area contributed by atoms with Crippen LogP contribution in [0.4, 0.5) is 13.2 Å². The van der Waals surface area contributed by atoms with Gasteiger partial charge in [-0.1, -0.05) is 0 Å². The van der Waals surface area contributed by atoms with Crippen molar-refractivity contribution in [1.29, 1.82) is 0 Å². The van der Waals surface area contributed by atoms with E-state index in [-0.39, 0.29) is 17.8 Å². The molecule has 152 valence electrons. The Bertz CT molecular complexity index is 825. The number of morpholine rings is 1. The number of benzene rings is 1. The van der Waals surface area contributed by atoms with Gasteiger partial charge in [0, 0.05) is 38.6 Å². The minimum Gasteiger partial charge on any atom is -0.496 e. The number of tetrazole rings is 1. The monoisotopic (exact) mass is 398 g/mol. The maximum Gasteiger partial charge on any atom is 0.453 e. The number of halogens is 3. The van der Waals surface area contributed by atoms with E-state index in [1.165, 1.54) is 13.2 Å². The van der Waals surface area contributed by atoms with Gasteiger partial charge >= 0.3 is 6.18 Å². The first-order valence-electron chi connectivity index (χ1n) is 9.06. The Hall–Kier alpha value is -2.24. The van der Waals surface area contributed by atoms with E-state index in [0.717, 1.165) is 31.7 Å². The summed E-state index contributed by atoms with van der Waals surface area (Å²) in [5.74, 6) is -0.574. The third kappa shape index (κ3) is 3.69. The normalized spacial score (nSPS) is 23.4. The summed E-state index contributed by atoms with van der Waals surface area (Å²) < 4.78 is 51.6. The summed E-state index contributed by atoms with van der Waals surface area (Å²) in [5.41, 5.74) is 0.976. The Morgan fingerprint density at radius 3 is 2.96 bits per heavy atom. The summed E-state index contributed by atoms with van der Waals surface area (Å²) in [6, 6.07) is 4.98. The topological polar surface area (TPSA) is 77.3 Å². The van der Waals surface area contributed by atoms with Crippen LogP contribution in [-0.2, 0) is 17.3 Å². The van der Waals surface area contributed by atoms with Crippen molar-refractivity contribution in [1.82, 2.24) is 30.4 Å². The van der Waals surface area contributed by atoms with E-state index >= 15 is 0 Å². The van der Waals surface area contributed by atoms with Gasteiger partial charge in [0.2, 0.25) is 0 Å². The second-order valence-corrected chi connectivity index (χ2v) is 6.83. The molecule has 0 spiro atoms. The average Bonchev–Trinajstić information content (AvgIpc) is 3.19. The molecule has 3 heterocycles. The van der Waals surface area contributed by atoms with Crippen LogP contribution >= 0.6 is 0 Å². The van der Waals surface area contributed by atoms with Crippen LogP contribution in [0.15, 0.2) is 18.2 Å². The zero-order chi connectivity index (χ0) is 19.7. The van der Waals surface area contributed by atoms with Crippen molar-refractivity contribution in [3.8, 4) is 11.4 Å². The molecule has 11 heteroatoms. The molecule has 28 heavy (non-hydrogen) atoms. The molecule has 2 atom stereocenters. The molecule has 2 aliphatic rings. The molecule has 0 amide bonds. The van der Waals surface area contributed by atoms with Gasteiger partial charge in [0.25, 0.3) is 5.82 Å². The fourth-order valence-corrected chi connectivity index (χ4v) is 3.85. The molecule has 1 N–H and O–H groups in total. The number of nitrogens with zero attached hydrogens (tertiary/aromatic N) is 5. The molecular weight excluding hydrogens is 377 g/mol. The molecule has 4 rings (SSSR count). The second kappa shape index (κ2) is 7.64. The number of hydrogen-bond acceptors (Lipinski definition) is 7. The third-order valence-corrected chi connectivity index (χ3v) is 5.19. The van der Waals surface area contributed by atoms with E-state index in [2.05, 4.69) is 25.7 Å². The van der Waals surface area contributed by atoms with Gasteiger partial charge in [-0.25, -0.2) is 0 Å². The number of methoxy groups -OCH3 is 1. The number of piperazine rings is 1.